The van der Waals surface area contributed by atoms with Gasteiger partial charge in [0, 0.05) is 37.0 Å². The molecule has 0 bridgehead atoms. The molecular formula is C16H25ClN4O2S. The van der Waals surface area contributed by atoms with Crippen molar-refractivity contribution in [3.05, 3.63) is 16.1 Å². The molecule has 3 N–H and O–H groups in total. The Bertz CT molecular complexity index is 574. The summed E-state index contributed by atoms with van der Waals surface area (Å²) in [5, 5.41) is 5.48. The Kier molecular flexibility index (Phi) is 7.01. The number of carbonyl (C=O) groups excluding carboxylic acids is 2. The minimum absolute atomic E-state index is 0. The molecule has 1 atom stereocenters. The predicted molar refractivity (Wildman–Crippen MR) is 96.3 cm³/mol. The number of hydrogen-bond donors (Lipinski definition) is 2. The van der Waals surface area contributed by atoms with Crippen LogP contribution < -0.4 is 11.1 Å². The summed E-state index contributed by atoms with van der Waals surface area (Å²) in [6.45, 7) is 1.71. The van der Waals surface area contributed by atoms with Crippen molar-refractivity contribution < 1.29 is 9.59 Å². The van der Waals surface area contributed by atoms with Gasteiger partial charge in [-0.3, -0.25) is 9.59 Å². The number of amides is 2. The van der Waals surface area contributed by atoms with Crippen molar-refractivity contribution in [3.63, 3.8) is 0 Å². The van der Waals surface area contributed by atoms with Crippen LogP contribution in [0.5, 0.6) is 0 Å². The average molecular weight is 373 g/mol. The lowest BCUT2D eigenvalue weighted by Crippen LogP contribution is -2.40. The second kappa shape index (κ2) is 8.78. The van der Waals surface area contributed by atoms with E-state index in [1.165, 1.54) is 17.8 Å². The third-order valence-corrected chi connectivity index (χ3v) is 5.62. The van der Waals surface area contributed by atoms with E-state index in [0.29, 0.717) is 18.8 Å². The summed E-state index contributed by atoms with van der Waals surface area (Å²) in [4.78, 5) is 30.9. The Balaban J connectivity index is 0.00000208. The highest BCUT2D eigenvalue weighted by Crippen LogP contribution is 2.26. The van der Waals surface area contributed by atoms with Gasteiger partial charge < -0.3 is 16.0 Å². The van der Waals surface area contributed by atoms with Gasteiger partial charge in [-0.1, -0.05) is 19.3 Å². The molecule has 3 rings (SSSR count). The fourth-order valence-electron chi connectivity index (χ4n) is 3.45. The van der Waals surface area contributed by atoms with Crippen molar-refractivity contribution in [2.24, 2.45) is 11.7 Å². The smallest absolute Gasteiger partial charge is 0.271 e. The summed E-state index contributed by atoms with van der Waals surface area (Å²) in [5.74, 6) is 0.308. The molecule has 2 amide bonds. The molecule has 0 spiro atoms. The third kappa shape index (κ3) is 4.46. The van der Waals surface area contributed by atoms with E-state index in [2.05, 4.69) is 10.3 Å². The number of nitrogens with one attached hydrogen (secondary N) is 1. The molecule has 1 aromatic rings. The van der Waals surface area contributed by atoms with Crippen molar-refractivity contribution in [3.8, 4) is 0 Å². The molecule has 24 heavy (non-hydrogen) atoms. The molecular weight excluding hydrogens is 348 g/mol. The highest BCUT2D eigenvalue weighted by molar-refractivity contribution is 7.09. The van der Waals surface area contributed by atoms with Crippen molar-refractivity contribution in [2.75, 3.05) is 13.1 Å². The van der Waals surface area contributed by atoms with Gasteiger partial charge in [-0.05, 0) is 19.3 Å². The summed E-state index contributed by atoms with van der Waals surface area (Å²) in [6, 6.07) is 0.0260. The van der Waals surface area contributed by atoms with Crippen LogP contribution in [0.3, 0.4) is 0 Å². The van der Waals surface area contributed by atoms with Gasteiger partial charge in [0.2, 0.25) is 5.91 Å². The van der Waals surface area contributed by atoms with E-state index in [4.69, 9.17) is 5.73 Å². The molecule has 1 saturated carbocycles. The van der Waals surface area contributed by atoms with E-state index in [1.807, 2.05) is 4.90 Å². The van der Waals surface area contributed by atoms with Crippen LogP contribution in [0.1, 0.15) is 54.0 Å². The molecule has 1 aromatic heterocycles. The van der Waals surface area contributed by atoms with Crippen molar-refractivity contribution in [2.45, 2.75) is 51.1 Å². The molecule has 0 aromatic carbocycles. The van der Waals surface area contributed by atoms with Gasteiger partial charge in [0.05, 0.1) is 0 Å². The molecule has 1 aliphatic heterocycles. The van der Waals surface area contributed by atoms with E-state index in [9.17, 15) is 9.59 Å². The van der Waals surface area contributed by atoms with E-state index in [-0.39, 0.29) is 36.2 Å². The van der Waals surface area contributed by atoms with Crippen LogP contribution in [0.25, 0.3) is 0 Å². The Labute approximate surface area is 152 Å². The second-order valence-corrected chi connectivity index (χ2v) is 7.35. The minimum atomic E-state index is -0.169. The topological polar surface area (TPSA) is 88.3 Å². The van der Waals surface area contributed by atoms with Crippen molar-refractivity contribution in [1.29, 1.82) is 0 Å². The Hall–Kier alpha value is -1.18. The summed E-state index contributed by atoms with van der Waals surface area (Å²) >= 11 is 1.40. The molecule has 6 nitrogen and oxygen atoms in total. The van der Waals surface area contributed by atoms with Gasteiger partial charge in [-0.2, -0.15) is 0 Å². The largest absolute Gasteiger partial charge is 0.346 e. The number of aromatic nitrogens is 1. The van der Waals surface area contributed by atoms with Crippen LogP contribution in [0, 0.1) is 5.92 Å². The average Bonchev–Trinajstić information content (AvgIpc) is 3.24. The fraction of sp³-hybridized carbons (Fsp3) is 0.688. The molecule has 8 heteroatoms. The maximum atomic E-state index is 12.5. The fourth-order valence-corrected chi connectivity index (χ4v) is 4.11. The first-order valence-corrected chi connectivity index (χ1v) is 9.29. The summed E-state index contributed by atoms with van der Waals surface area (Å²) in [7, 11) is 0. The highest BCUT2D eigenvalue weighted by atomic mass is 35.5. The zero-order valence-corrected chi connectivity index (χ0v) is 15.3. The van der Waals surface area contributed by atoms with E-state index in [0.717, 1.165) is 43.7 Å². The van der Waals surface area contributed by atoms with Crippen LogP contribution in [-0.4, -0.2) is 40.8 Å². The summed E-state index contributed by atoms with van der Waals surface area (Å²) < 4.78 is 0. The third-order valence-electron chi connectivity index (χ3n) is 4.75. The summed E-state index contributed by atoms with van der Waals surface area (Å²) in [5.41, 5.74) is 5.94. The molecule has 134 valence electrons. The quantitative estimate of drug-likeness (QED) is 0.845. The molecule has 1 saturated heterocycles. The number of nitrogens with zero attached hydrogens (tertiary/aromatic N) is 2. The van der Waals surface area contributed by atoms with Gasteiger partial charge in [-0.25, -0.2) is 4.98 Å². The zero-order chi connectivity index (χ0) is 16.2. The van der Waals surface area contributed by atoms with Gasteiger partial charge in [-0.15, -0.1) is 23.7 Å². The first-order chi connectivity index (χ1) is 11.2. The Morgan fingerprint density at radius 1 is 1.29 bits per heavy atom. The number of thiazole rings is 1. The van der Waals surface area contributed by atoms with E-state index >= 15 is 0 Å². The maximum Gasteiger partial charge on any atom is 0.271 e. The number of halogens is 1. The number of hydrogen-bond acceptors (Lipinski definition) is 5. The van der Waals surface area contributed by atoms with Crippen LogP contribution in [0.15, 0.2) is 5.38 Å². The SMILES string of the molecule is Cl.NCc1nc(C(=O)NC2CCN(C(=O)C3CCCCC3)C2)cs1. The number of likely N-dealkylation sites (tertiary alicyclic amines) is 1. The number of nitrogens with two attached hydrogens (primary N) is 1. The van der Waals surface area contributed by atoms with Crippen molar-refractivity contribution >= 4 is 35.6 Å². The van der Waals surface area contributed by atoms with E-state index in [1.54, 1.807) is 5.38 Å². The van der Waals surface area contributed by atoms with Crippen LogP contribution in [-0.2, 0) is 11.3 Å². The Morgan fingerprint density at radius 2 is 2.04 bits per heavy atom. The number of carbonyl (C=O) groups is 2. The van der Waals surface area contributed by atoms with Crippen molar-refractivity contribution in [1.82, 2.24) is 15.2 Å². The van der Waals surface area contributed by atoms with Crippen LogP contribution >= 0.6 is 23.7 Å². The highest BCUT2D eigenvalue weighted by Gasteiger charge is 2.32. The van der Waals surface area contributed by atoms with Gasteiger partial charge in [0.15, 0.2) is 0 Å². The predicted octanol–water partition coefficient (Wildman–Crippen LogP) is 1.93. The van der Waals surface area contributed by atoms with Gasteiger partial charge in [0.1, 0.15) is 10.7 Å². The lowest BCUT2D eigenvalue weighted by Gasteiger charge is -2.26. The summed E-state index contributed by atoms with van der Waals surface area (Å²) in [6.07, 6.45) is 6.44. The number of rotatable bonds is 4. The second-order valence-electron chi connectivity index (χ2n) is 6.41. The first kappa shape index (κ1) is 19.1. The lowest BCUT2D eigenvalue weighted by molar-refractivity contribution is -0.135. The maximum absolute atomic E-state index is 12.5. The molecule has 1 aliphatic carbocycles. The normalized spacial score (nSPS) is 21.4. The molecule has 0 radical (unpaired) electrons. The minimum Gasteiger partial charge on any atom is -0.346 e. The molecule has 2 heterocycles. The monoisotopic (exact) mass is 372 g/mol. The molecule has 1 unspecified atom stereocenters. The van der Waals surface area contributed by atoms with Crippen LogP contribution in [0.2, 0.25) is 0 Å². The molecule has 2 aliphatic rings. The van der Waals surface area contributed by atoms with E-state index < -0.39 is 0 Å². The lowest BCUT2D eigenvalue weighted by atomic mass is 9.88. The standard InChI is InChI=1S/C16H24N4O2S.ClH/c17-8-14-19-13(10-23-14)15(21)18-12-6-7-20(9-12)16(22)11-4-2-1-3-5-11;/h10-12H,1-9,17H2,(H,18,21);1H. The zero-order valence-electron chi connectivity index (χ0n) is 13.7. The Morgan fingerprint density at radius 3 is 2.71 bits per heavy atom. The van der Waals surface area contributed by atoms with Crippen LogP contribution in [0.4, 0.5) is 0 Å². The van der Waals surface area contributed by atoms with Gasteiger partial charge in [0.25, 0.3) is 5.91 Å². The molecule has 2 fully saturated rings. The van der Waals surface area contributed by atoms with Gasteiger partial charge >= 0.3 is 0 Å². The first-order valence-electron chi connectivity index (χ1n) is 8.41.